The number of nitrogens with one attached hydrogen (secondary N) is 1. The Morgan fingerprint density at radius 2 is 2.12 bits per heavy atom. The third-order valence-electron chi connectivity index (χ3n) is 2.99. The summed E-state index contributed by atoms with van der Waals surface area (Å²) in [5.41, 5.74) is 0.884. The van der Waals surface area contributed by atoms with E-state index in [-0.39, 0.29) is 11.8 Å². The van der Waals surface area contributed by atoms with Crippen LogP contribution in [0.5, 0.6) is 17.2 Å². The van der Waals surface area contributed by atoms with Gasteiger partial charge >= 0.3 is 0 Å². The van der Waals surface area contributed by atoms with E-state index in [9.17, 15) is 5.11 Å². The largest absolute Gasteiger partial charge is 0.504 e. The first kappa shape index (κ1) is 11.1. The Morgan fingerprint density at radius 3 is 2.69 bits per heavy atom. The fourth-order valence-corrected chi connectivity index (χ4v) is 2.16. The Labute approximate surface area is 95.2 Å². The summed E-state index contributed by atoms with van der Waals surface area (Å²) >= 11 is 0. The highest BCUT2D eigenvalue weighted by atomic mass is 16.5. The van der Waals surface area contributed by atoms with Gasteiger partial charge < -0.3 is 19.9 Å². The molecule has 0 radical (unpaired) electrons. The molecule has 1 aliphatic rings. The number of ether oxygens (including phenoxy) is 2. The van der Waals surface area contributed by atoms with Crippen molar-refractivity contribution < 1.29 is 14.6 Å². The van der Waals surface area contributed by atoms with Crippen molar-refractivity contribution in [2.45, 2.75) is 18.9 Å². The fraction of sp³-hybridized carbons (Fsp3) is 0.500. The maximum Gasteiger partial charge on any atom is 0.203 e. The second-order valence-corrected chi connectivity index (χ2v) is 3.89. The minimum Gasteiger partial charge on any atom is -0.504 e. The summed E-state index contributed by atoms with van der Waals surface area (Å²) in [4.78, 5) is 0. The molecule has 1 aromatic rings. The third kappa shape index (κ3) is 1.80. The number of hydrogen-bond acceptors (Lipinski definition) is 4. The van der Waals surface area contributed by atoms with Crippen LogP contribution in [0.4, 0.5) is 0 Å². The van der Waals surface area contributed by atoms with Gasteiger partial charge in [0, 0.05) is 11.6 Å². The van der Waals surface area contributed by atoms with Crippen LogP contribution >= 0.6 is 0 Å². The summed E-state index contributed by atoms with van der Waals surface area (Å²) < 4.78 is 10.3. The maximum atomic E-state index is 10.1. The van der Waals surface area contributed by atoms with E-state index in [0.717, 1.165) is 24.9 Å². The molecule has 88 valence electrons. The van der Waals surface area contributed by atoms with Gasteiger partial charge in [-0.3, -0.25) is 0 Å². The molecule has 0 saturated carbocycles. The second-order valence-electron chi connectivity index (χ2n) is 3.89. The molecule has 0 spiro atoms. The van der Waals surface area contributed by atoms with Crippen LogP contribution in [-0.4, -0.2) is 25.9 Å². The Morgan fingerprint density at radius 1 is 1.31 bits per heavy atom. The Hall–Kier alpha value is -1.42. The van der Waals surface area contributed by atoms with Crippen LogP contribution in [0.3, 0.4) is 0 Å². The van der Waals surface area contributed by atoms with Gasteiger partial charge in [0.15, 0.2) is 11.5 Å². The summed E-state index contributed by atoms with van der Waals surface area (Å²) in [6, 6.07) is 3.94. The molecule has 0 amide bonds. The summed E-state index contributed by atoms with van der Waals surface area (Å²) in [6.45, 7) is 0.998. The smallest absolute Gasteiger partial charge is 0.203 e. The molecule has 2 rings (SSSR count). The number of rotatable bonds is 3. The van der Waals surface area contributed by atoms with Crippen molar-refractivity contribution in [3.63, 3.8) is 0 Å². The predicted molar refractivity (Wildman–Crippen MR) is 61.2 cm³/mol. The van der Waals surface area contributed by atoms with Crippen molar-refractivity contribution in [3.05, 3.63) is 17.7 Å². The predicted octanol–water partition coefficient (Wildman–Crippen LogP) is 1.83. The molecule has 1 aromatic carbocycles. The average Bonchev–Trinajstić information content (AvgIpc) is 2.81. The lowest BCUT2D eigenvalue weighted by Crippen LogP contribution is -2.13. The van der Waals surface area contributed by atoms with Crippen molar-refractivity contribution in [3.8, 4) is 17.2 Å². The minimum absolute atomic E-state index is 0.182. The van der Waals surface area contributed by atoms with Gasteiger partial charge in [-0.05, 0) is 31.5 Å². The molecular formula is C12H17NO3. The second kappa shape index (κ2) is 4.61. The summed E-state index contributed by atoms with van der Waals surface area (Å²) in [7, 11) is 3.09. The monoisotopic (exact) mass is 223 g/mol. The number of benzene rings is 1. The van der Waals surface area contributed by atoms with E-state index in [2.05, 4.69) is 5.32 Å². The van der Waals surface area contributed by atoms with Gasteiger partial charge in [0.1, 0.15) is 0 Å². The maximum absolute atomic E-state index is 10.1. The van der Waals surface area contributed by atoms with Gasteiger partial charge in [-0.15, -0.1) is 0 Å². The van der Waals surface area contributed by atoms with E-state index in [1.54, 1.807) is 7.11 Å². The zero-order valence-corrected chi connectivity index (χ0v) is 9.62. The van der Waals surface area contributed by atoms with E-state index in [0.29, 0.717) is 11.5 Å². The summed E-state index contributed by atoms with van der Waals surface area (Å²) in [6.07, 6.45) is 2.18. The topological polar surface area (TPSA) is 50.7 Å². The number of aromatic hydroxyl groups is 1. The third-order valence-corrected chi connectivity index (χ3v) is 2.99. The normalized spacial score (nSPS) is 19.8. The average molecular weight is 223 g/mol. The van der Waals surface area contributed by atoms with Crippen molar-refractivity contribution in [1.82, 2.24) is 5.32 Å². The standard InChI is InChI=1S/C12H17NO3/c1-15-10-6-5-8(9-4-3-7-13-9)11(14)12(10)16-2/h5-6,9,13-14H,3-4,7H2,1-2H3/t9-/m1/s1. The fourth-order valence-electron chi connectivity index (χ4n) is 2.16. The van der Waals surface area contributed by atoms with Gasteiger partial charge in [-0.25, -0.2) is 0 Å². The van der Waals surface area contributed by atoms with Crippen LogP contribution in [0.2, 0.25) is 0 Å². The van der Waals surface area contributed by atoms with Crippen molar-refractivity contribution >= 4 is 0 Å². The first-order valence-electron chi connectivity index (χ1n) is 5.45. The van der Waals surface area contributed by atoms with Crippen LogP contribution in [-0.2, 0) is 0 Å². The van der Waals surface area contributed by atoms with Gasteiger partial charge in [0.2, 0.25) is 5.75 Å². The molecule has 0 bridgehead atoms. The lowest BCUT2D eigenvalue weighted by Gasteiger charge is -2.16. The van der Waals surface area contributed by atoms with Crippen LogP contribution in [0.25, 0.3) is 0 Å². The molecule has 1 atom stereocenters. The van der Waals surface area contributed by atoms with E-state index in [1.807, 2.05) is 12.1 Å². The Bertz CT molecular complexity index is 373. The van der Waals surface area contributed by atoms with Crippen LogP contribution in [0, 0.1) is 0 Å². The van der Waals surface area contributed by atoms with E-state index >= 15 is 0 Å². The quantitative estimate of drug-likeness (QED) is 0.821. The number of hydrogen-bond donors (Lipinski definition) is 2. The molecule has 0 unspecified atom stereocenters. The Kier molecular flexibility index (Phi) is 3.19. The van der Waals surface area contributed by atoms with E-state index < -0.39 is 0 Å². The molecule has 4 nitrogen and oxygen atoms in total. The highest BCUT2D eigenvalue weighted by molar-refractivity contribution is 5.55. The van der Waals surface area contributed by atoms with Gasteiger partial charge in [0.25, 0.3) is 0 Å². The molecule has 2 N–H and O–H groups in total. The van der Waals surface area contributed by atoms with Crippen molar-refractivity contribution in [2.75, 3.05) is 20.8 Å². The molecular weight excluding hydrogens is 206 g/mol. The zero-order valence-electron chi connectivity index (χ0n) is 9.62. The molecule has 4 heteroatoms. The SMILES string of the molecule is COc1ccc([C@H]2CCCN2)c(O)c1OC. The van der Waals surface area contributed by atoms with Crippen molar-refractivity contribution in [1.29, 1.82) is 0 Å². The highest BCUT2D eigenvalue weighted by Gasteiger charge is 2.23. The van der Waals surface area contributed by atoms with Crippen LogP contribution < -0.4 is 14.8 Å². The lowest BCUT2D eigenvalue weighted by molar-refractivity contribution is 0.329. The first-order chi connectivity index (χ1) is 7.77. The molecule has 1 aliphatic heterocycles. The molecule has 1 heterocycles. The molecule has 1 saturated heterocycles. The molecule has 16 heavy (non-hydrogen) atoms. The number of phenols is 1. The van der Waals surface area contributed by atoms with E-state index in [4.69, 9.17) is 9.47 Å². The Balaban J connectivity index is 2.39. The van der Waals surface area contributed by atoms with Gasteiger partial charge in [-0.1, -0.05) is 0 Å². The zero-order chi connectivity index (χ0) is 11.5. The number of methoxy groups -OCH3 is 2. The van der Waals surface area contributed by atoms with E-state index in [1.165, 1.54) is 7.11 Å². The minimum atomic E-state index is 0.182. The lowest BCUT2D eigenvalue weighted by atomic mass is 10.0. The number of phenolic OH excluding ortho intramolecular Hbond substituents is 1. The van der Waals surface area contributed by atoms with Crippen molar-refractivity contribution in [2.24, 2.45) is 0 Å². The van der Waals surface area contributed by atoms with Crippen LogP contribution in [0.15, 0.2) is 12.1 Å². The summed E-state index contributed by atoms with van der Waals surface area (Å²) in [5, 5.41) is 13.5. The van der Waals surface area contributed by atoms with Gasteiger partial charge in [-0.2, -0.15) is 0 Å². The first-order valence-corrected chi connectivity index (χ1v) is 5.45. The molecule has 0 aromatic heterocycles. The van der Waals surface area contributed by atoms with Crippen LogP contribution in [0.1, 0.15) is 24.4 Å². The molecule has 0 aliphatic carbocycles. The highest BCUT2D eigenvalue weighted by Crippen LogP contribution is 2.42. The van der Waals surface area contributed by atoms with Gasteiger partial charge in [0.05, 0.1) is 14.2 Å². The summed E-state index contributed by atoms with van der Waals surface area (Å²) in [5.74, 6) is 1.15. The molecule has 1 fully saturated rings.